The molecule has 3 nitrogen and oxygen atoms in total. The smallest absolute Gasteiger partial charge is 0.262 e. The Morgan fingerprint density at radius 3 is 2.36 bits per heavy atom. The van der Waals surface area contributed by atoms with E-state index in [9.17, 15) is 4.79 Å². The summed E-state index contributed by atoms with van der Waals surface area (Å²) in [5.74, 6) is 0.548. The molecule has 0 saturated carbocycles. The van der Waals surface area contributed by atoms with Gasteiger partial charge in [0.25, 0.3) is 5.91 Å². The number of rotatable bonds is 5. The molecule has 0 spiro atoms. The van der Waals surface area contributed by atoms with Gasteiger partial charge in [-0.1, -0.05) is 55.8 Å². The number of anilines is 1. The van der Waals surface area contributed by atoms with Crippen LogP contribution in [-0.4, -0.2) is 12.5 Å². The average Bonchev–Trinajstić information content (AvgIpc) is 2.54. The highest BCUT2D eigenvalue weighted by Crippen LogP contribution is 2.27. The normalized spacial score (nSPS) is 11.3. The molecule has 1 amide bonds. The van der Waals surface area contributed by atoms with Gasteiger partial charge >= 0.3 is 0 Å². The van der Waals surface area contributed by atoms with Gasteiger partial charge in [-0.3, -0.25) is 4.79 Å². The second-order valence-corrected chi connectivity index (χ2v) is 8.14. The highest BCUT2D eigenvalue weighted by molar-refractivity contribution is 9.10. The van der Waals surface area contributed by atoms with E-state index in [-0.39, 0.29) is 17.9 Å². The van der Waals surface area contributed by atoms with Crippen LogP contribution in [0.3, 0.4) is 0 Å². The maximum Gasteiger partial charge on any atom is 0.262 e. The molecule has 2 aromatic rings. The third kappa shape index (κ3) is 5.33. The second-order valence-electron chi connectivity index (χ2n) is 7.22. The number of carbonyl (C=O) groups excluding carboxylic acids is 1. The van der Waals surface area contributed by atoms with Gasteiger partial charge in [0.2, 0.25) is 0 Å². The Bertz CT molecular complexity index is 746. The molecule has 0 heterocycles. The van der Waals surface area contributed by atoms with Gasteiger partial charge in [0.15, 0.2) is 6.61 Å². The summed E-state index contributed by atoms with van der Waals surface area (Å²) >= 11 is 3.50. The van der Waals surface area contributed by atoms with Crippen LogP contribution in [0.4, 0.5) is 5.69 Å². The second kappa shape index (κ2) is 8.05. The van der Waals surface area contributed by atoms with Crippen molar-refractivity contribution in [1.29, 1.82) is 0 Å². The first-order valence-corrected chi connectivity index (χ1v) is 9.32. The monoisotopic (exact) mass is 403 g/mol. The van der Waals surface area contributed by atoms with E-state index < -0.39 is 0 Å². The largest absolute Gasteiger partial charge is 0.484 e. The van der Waals surface area contributed by atoms with Gasteiger partial charge in [-0.2, -0.15) is 0 Å². The van der Waals surface area contributed by atoms with E-state index >= 15 is 0 Å². The molecule has 2 aromatic carbocycles. The van der Waals surface area contributed by atoms with E-state index in [2.05, 4.69) is 48.9 Å². The lowest BCUT2D eigenvalue weighted by atomic mass is 9.87. The quantitative estimate of drug-likeness (QED) is 0.701. The number of amides is 1. The zero-order chi connectivity index (χ0) is 18.6. The molecule has 0 aliphatic rings. The Labute approximate surface area is 158 Å². The molecular formula is C21H26BrNO2. The molecule has 0 atom stereocenters. The zero-order valence-corrected chi connectivity index (χ0v) is 17.2. The first-order chi connectivity index (χ1) is 11.7. The summed E-state index contributed by atoms with van der Waals surface area (Å²) in [7, 11) is 0. The van der Waals surface area contributed by atoms with Gasteiger partial charge < -0.3 is 10.1 Å². The van der Waals surface area contributed by atoms with Crippen molar-refractivity contribution in [1.82, 2.24) is 0 Å². The van der Waals surface area contributed by atoms with Crippen LogP contribution in [0.2, 0.25) is 0 Å². The topological polar surface area (TPSA) is 38.3 Å². The molecule has 4 heteroatoms. The number of ether oxygens (including phenoxy) is 1. The number of aryl methyl sites for hydroxylation is 2. The van der Waals surface area contributed by atoms with Crippen LogP contribution < -0.4 is 10.1 Å². The third-order valence-electron chi connectivity index (χ3n) is 4.12. The first-order valence-electron chi connectivity index (χ1n) is 8.53. The Morgan fingerprint density at radius 2 is 1.80 bits per heavy atom. The van der Waals surface area contributed by atoms with Crippen molar-refractivity contribution in [3.05, 3.63) is 57.6 Å². The molecule has 0 aliphatic carbocycles. The molecule has 0 radical (unpaired) electrons. The molecule has 25 heavy (non-hydrogen) atoms. The molecule has 0 saturated heterocycles. The maximum absolute atomic E-state index is 12.3. The number of carbonyl (C=O) groups is 1. The van der Waals surface area contributed by atoms with Crippen LogP contribution >= 0.6 is 15.9 Å². The van der Waals surface area contributed by atoms with E-state index in [1.165, 1.54) is 5.56 Å². The molecule has 2 rings (SSSR count). The number of hydrogen-bond donors (Lipinski definition) is 1. The van der Waals surface area contributed by atoms with Crippen molar-refractivity contribution in [2.24, 2.45) is 0 Å². The molecule has 134 valence electrons. The molecule has 0 aromatic heterocycles. The minimum Gasteiger partial charge on any atom is -0.484 e. The summed E-state index contributed by atoms with van der Waals surface area (Å²) in [4.78, 5) is 12.3. The van der Waals surface area contributed by atoms with Crippen LogP contribution in [0.15, 0.2) is 40.9 Å². The first kappa shape index (κ1) is 19.5. The van der Waals surface area contributed by atoms with E-state index in [0.29, 0.717) is 5.75 Å². The minimum atomic E-state index is -0.153. The van der Waals surface area contributed by atoms with Crippen LogP contribution in [0.5, 0.6) is 5.75 Å². The van der Waals surface area contributed by atoms with Gasteiger partial charge in [-0.15, -0.1) is 0 Å². The number of nitrogens with one attached hydrogen (secondary N) is 1. The Hall–Kier alpha value is -1.81. The van der Waals surface area contributed by atoms with Crippen LogP contribution in [0.25, 0.3) is 0 Å². The van der Waals surface area contributed by atoms with Crippen LogP contribution in [0.1, 0.15) is 44.4 Å². The fourth-order valence-electron chi connectivity index (χ4n) is 2.65. The van der Waals surface area contributed by atoms with Crippen molar-refractivity contribution >= 4 is 27.5 Å². The van der Waals surface area contributed by atoms with Crippen molar-refractivity contribution in [2.75, 3.05) is 11.9 Å². The number of halogens is 1. The fraction of sp³-hybridized carbons (Fsp3) is 0.381. The molecular weight excluding hydrogens is 378 g/mol. The van der Waals surface area contributed by atoms with E-state index in [1.54, 1.807) is 0 Å². The summed E-state index contributed by atoms with van der Waals surface area (Å²) in [5, 5.41) is 2.98. The lowest BCUT2D eigenvalue weighted by Gasteiger charge is -2.19. The maximum atomic E-state index is 12.3. The van der Waals surface area contributed by atoms with E-state index in [1.807, 2.05) is 43.3 Å². The van der Waals surface area contributed by atoms with E-state index in [4.69, 9.17) is 4.74 Å². The van der Waals surface area contributed by atoms with Crippen molar-refractivity contribution in [2.45, 2.75) is 46.5 Å². The van der Waals surface area contributed by atoms with Crippen LogP contribution in [-0.2, 0) is 16.6 Å². The highest BCUT2D eigenvalue weighted by Gasteiger charge is 2.14. The van der Waals surface area contributed by atoms with Crippen molar-refractivity contribution in [3.8, 4) is 5.75 Å². The summed E-state index contributed by atoms with van der Waals surface area (Å²) < 4.78 is 6.65. The standard InChI is InChI=1S/C21H26BrNO2/c1-6-15-12-17(22)11-14(2)20(15)23-19(24)13-25-18-9-7-16(8-10-18)21(3,4)5/h7-12H,6,13H2,1-5H3,(H,23,24). The van der Waals surface area contributed by atoms with Gasteiger partial charge in [-0.05, 0) is 59.7 Å². The lowest BCUT2D eigenvalue weighted by Crippen LogP contribution is -2.21. The zero-order valence-electron chi connectivity index (χ0n) is 15.6. The third-order valence-corrected chi connectivity index (χ3v) is 4.58. The minimum absolute atomic E-state index is 0.00643. The van der Waals surface area contributed by atoms with Gasteiger partial charge in [0, 0.05) is 10.2 Å². The van der Waals surface area contributed by atoms with Crippen molar-refractivity contribution in [3.63, 3.8) is 0 Å². The summed E-state index contributed by atoms with van der Waals surface area (Å²) in [6.45, 7) is 10.6. The van der Waals surface area contributed by atoms with Crippen molar-refractivity contribution < 1.29 is 9.53 Å². The lowest BCUT2D eigenvalue weighted by molar-refractivity contribution is -0.118. The predicted octanol–water partition coefficient (Wildman–Crippen LogP) is 5.63. The Balaban J connectivity index is 2.00. The summed E-state index contributed by atoms with van der Waals surface area (Å²) in [6.07, 6.45) is 0.852. The van der Waals surface area contributed by atoms with Crippen LogP contribution in [0, 0.1) is 6.92 Å². The number of hydrogen-bond acceptors (Lipinski definition) is 2. The molecule has 0 unspecified atom stereocenters. The Kier molecular flexibility index (Phi) is 6.28. The van der Waals surface area contributed by atoms with Gasteiger partial charge in [0.05, 0.1) is 0 Å². The SMILES string of the molecule is CCc1cc(Br)cc(C)c1NC(=O)COc1ccc(C(C)(C)C)cc1. The molecule has 1 N–H and O–H groups in total. The predicted molar refractivity (Wildman–Crippen MR) is 108 cm³/mol. The Morgan fingerprint density at radius 1 is 1.16 bits per heavy atom. The van der Waals surface area contributed by atoms with Gasteiger partial charge in [0.1, 0.15) is 5.75 Å². The highest BCUT2D eigenvalue weighted by atomic mass is 79.9. The number of benzene rings is 2. The molecule has 0 aliphatic heterocycles. The fourth-order valence-corrected chi connectivity index (χ4v) is 3.27. The average molecular weight is 404 g/mol. The molecule has 0 bridgehead atoms. The molecule has 0 fully saturated rings. The van der Waals surface area contributed by atoms with E-state index in [0.717, 1.165) is 27.7 Å². The summed E-state index contributed by atoms with van der Waals surface area (Å²) in [5.41, 5.74) is 4.36. The summed E-state index contributed by atoms with van der Waals surface area (Å²) in [6, 6.07) is 11.9. The van der Waals surface area contributed by atoms with Gasteiger partial charge in [-0.25, -0.2) is 0 Å².